The van der Waals surface area contributed by atoms with Crippen LogP contribution in [0.25, 0.3) is 0 Å². The quantitative estimate of drug-likeness (QED) is 0.425. The van der Waals surface area contributed by atoms with E-state index >= 15 is 0 Å². The van der Waals surface area contributed by atoms with Crippen LogP contribution >= 0.6 is 0 Å². The number of hydrogen-bond acceptors (Lipinski definition) is 3. The van der Waals surface area contributed by atoms with Gasteiger partial charge in [-0.1, -0.05) is 78.0 Å². The molecule has 112 valence electrons. The number of aliphatic imine (C=N–C) groups is 1. The summed E-state index contributed by atoms with van der Waals surface area (Å²) in [7, 11) is 0. The van der Waals surface area contributed by atoms with Gasteiger partial charge in [0.15, 0.2) is 0 Å². The summed E-state index contributed by atoms with van der Waals surface area (Å²) in [6, 6.07) is 27.2. The number of oxime groups is 1. The van der Waals surface area contributed by atoms with Gasteiger partial charge >= 0.3 is 0 Å². The second-order valence-electron chi connectivity index (χ2n) is 5.03. The van der Waals surface area contributed by atoms with Crippen molar-refractivity contribution in [2.45, 2.75) is 0 Å². The first kappa shape index (κ1) is 14.7. The topological polar surface area (TPSA) is 45.0 Å². The zero-order valence-electron chi connectivity index (χ0n) is 12.5. The number of benzene rings is 3. The van der Waals surface area contributed by atoms with Gasteiger partial charge in [0.05, 0.1) is 5.69 Å². The molecule has 0 aliphatic rings. The molecule has 0 atom stereocenters. The third-order valence-corrected chi connectivity index (χ3v) is 3.45. The van der Waals surface area contributed by atoms with E-state index in [9.17, 15) is 5.21 Å². The summed E-state index contributed by atoms with van der Waals surface area (Å²) in [6.07, 6.45) is 1.83. The van der Waals surface area contributed by atoms with E-state index in [0.29, 0.717) is 5.71 Å². The molecule has 0 aliphatic carbocycles. The van der Waals surface area contributed by atoms with Crippen molar-refractivity contribution in [3.05, 3.63) is 102 Å². The Morgan fingerprint density at radius 2 is 1.26 bits per heavy atom. The Morgan fingerprint density at radius 3 is 1.87 bits per heavy atom. The normalized spacial score (nSPS) is 11.7. The summed E-state index contributed by atoms with van der Waals surface area (Å²) in [5.74, 6) is 0. The highest BCUT2D eigenvalue weighted by Gasteiger charge is 2.06. The van der Waals surface area contributed by atoms with E-state index in [4.69, 9.17) is 0 Å². The second kappa shape index (κ2) is 7.18. The molecule has 0 fully saturated rings. The lowest BCUT2D eigenvalue weighted by molar-refractivity contribution is 0.319. The van der Waals surface area contributed by atoms with Gasteiger partial charge in [0, 0.05) is 17.3 Å². The molecule has 3 nitrogen and oxygen atoms in total. The van der Waals surface area contributed by atoms with Crippen LogP contribution in [0.1, 0.15) is 16.7 Å². The van der Waals surface area contributed by atoms with Crippen LogP contribution in [0.15, 0.2) is 95.1 Å². The van der Waals surface area contributed by atoms with Crippen LogP contribution < -0.4 is 0 Å². The number of rotatable bonds is 4. The molecule has 0 saturated heterocycles. The molecule has 3 rings (SSSR count). The van der Waals surface area contributed by atoms with Crippen molar-refractivity contribution in [1.29, 1.82) is 0 Å². The first-order chi connectivity index (χ1) is 11.4. The van der Waals surface area contributed by atoms with E-state index in [2.05, 4.69) is 10.1 Å². The van der Waals surface area contributed by atoms with Crippen molar-refractivity contribution in [2.24, 2.45) is 10.1 Å². The Hall–Kier alpha value is -3.20. The Kier molecular flexibility index (Phi) is 4.60. The average molecular weight is 300 g/mol. The minimum absolute atomic E-state index is 0.546. The largest absolute Gasteiger partial charge is 0.410 e. The highest BCUT2D eigenvalue weighted by molar-refractivity contribution is 6.12. The molecule has 0 aromatic heterocycles. The maximum absolute atomic E-state index is 9.31. The lowest BCUT2D eigenvalue weighted by Crippen LogP contribution is -2.02. The van der Waals surface area contributed by atoms with Crippen LogP contribution in [-0.2, 0) is 0 Å². The van der Waals surface area contributed by atoms with Gasteiger partial charge in [-0.3, -0.25) is 4.99 Å². The van der Waals surface area contributed by atoms with Crippen molar-refractivity contribution < 1.29 is 5.21 Å². The van der Waals surface area contributed by atoms with Gasteiger partial charge in [-0.25, -0.2) is 0 Å². The van der Waals surface area contributed by atoms with Crippen molar-refractivity contribution in [3.63, 3.8) is 0 Å². The summed E-state index contributed by atoms with van der Waals surface area (Å²) in [4.78, 5) is 4.45. The summed E-state index contributed by atoms with van der Waals surface area (Å²) in [5.41, 5.74) is 4.17. The highest BCUT2D eigenvalue weighted by atomic mass is 16.4. The monoisotopic (exact) mass is 300 g/mol. The van der Waals surface area contributed by atoms with Crippen LogP contribution in [0, 0.1) is 0 Å². The molecule has 0 bridgehead atoms. The van der Waals surface area contributed by atoms with Crippen LogP contribution in [0.5, 0.6) is 0 Å². The highest BCUT2D eigenvalue weighted by Crippen LogP contribution is 2.16. The Balaban J connectivity index is 1.81. The number of nitrogens with zero attached hydrogens (tertiary/aromatic N) is 2. The van der Waals surface area contributed by atoms with Gasteiger partial charge in [-0.05, 0) is 17.7 Å². The smallest absolute Gasteiger partial charge is 0.117 e. The minimum atomic E-state index is 0.546. The molecule has 0 amide bonds. The fourth-order valence-electron chi connectivity index (χ4n) is 2.27. The van der Waals surface area contributed by atoms with Gasteiger partial charge < -0.3 is 5.21 Å². The summed E-state index contributed by atoms with van der Waals surface area (Å²) in [6.45, 7) is 0. The molecule has 23 heavy (non-hydrogen) atoms. The zero-order chi connectivity index (χ0) is 15.9. The molecule has 3 aromatic carbocycles. The van der Waals surface area contributed by atoms with Crippen LogP contribution in [0.2, 0.25) is 0 Å². The van der Waals surface area contributed by atoms with E-state index in [-0.39, 0.29) is 0 Å². The van der Waals surface area contributed by atoms with E-state index in [1.165, 1.54) is 0 Å². The molecule has 3 aromatic rings. The summed E-state index contributed by atoms with van der Waals surface area (Å²) >= 11 is 0. The molecule has 0 aliphatic heterocycles. The maximum Gasteiger partial charge on any atom is 0.117 e. The van der Waals surface area contributed by atoms with E-state index < -0.39 is 0 Å². The third kappa shape index (κ3) is 3.71. The van der Waals surface area contributed by atoms with Crippen LogP contribution in [0.3, 0.4) is 0 Å². The van der Waals surface area contributed by atoms with Crippen LogP contribution in [0.4, 0.5) is 5.69 Å². The van der Waals surface area contributed by atoms with E-state index in [1.807, 2.05) is 91.1 Å². The molecule has 0 spiro atoms. The first-order valence-electron chi connectivity index (χ1n) is 7.34. The fourth-order valence-corrected chi connectivity index (χ4v) is 2.27. The lowest BCUT2D eigenvalue weighted by Gasteiger charge is -2.05. The Morgan fingerprint density at radius 1 is 0.696 bits per heavy atom. The van der Waals surface area contributed by atoms with E-state index in [1.54, 1.807) is 0 Å². The molecule has 0 unspecified atom stereocenters. The van der Waals surface area contributed by atoms with Crippen LogP contribution in [-0.4, -0.2) is 17.1 Å². The molecular formula is C20H16N2O. The molecular weight excluding hydrogens is 284 g/mol. The van der Waals surface area contributed by atoms with Crippen molar-refractivity contribution >= 4 is 17.6 Å². The van der Waals surface area contributed by atoms with E-state index in [0.717, 1.165) is 22.4 Å². The van der Waals surface area contributed by atoms with Gasteiger partial charge in [0.25, 0.3) is 0 Å². The molecule has 0 heterocycles. The molecule has 3 heteroatoms. The predicted molar refractivity (Wildman–Crippen MR) is 94.0 cm³/mol. The summed E-state index contributed by atoms with van der Waals surface area (Å²) in [5, 5.41) is 12.7. The minimum Gasteiger partial charge on any atom is -0.410 e. The van der Waals surface area contributed by atoms with Gasteiger partial charge in [0.2, 0.25) is 0 Å². The lowest BCUT2D eigenvalue weighted by atomic mass is 10.0. The SMILES string of the molecule is O/N=C(/c1ccccc1)c1ccc(N=Cc2ccccc2)cc1. The second-order valence-corrected chi connectivity index (χ2v) is 5.03. The van der Waals surface area contributed by atoms with Crippen molar-refractivity contribution in [2.75, 3.05) is 0 Å². The first-order valence-corrected chi connectivity index (χ1v) is 7.34. The van der Waals surface area contributed by atoms with Crippen molar-refractivity contribution in [1.82, 2.24) is 0 Å². The third-order valence-electron chi connectivity index (χ3n) is 3.45. The number of hydrogen-bond donors (Lipinski definition) is 1. The summed E-state index contributed by atoms with van der Waals surface area (Å²) < 4.78 is 0. The standard InChI is InChI=1S/C20H16N2O/c23-22-20(17-9-5-2-6-10-17)18-11-13-19(14-12-18)21-15-16-7-3-1-4-8-16/h1-15,23H/b21-15?,22-20-. The fraction of sp³-hybridized carbons (Fsp3) is 0. The maximum atomic E-state index is 9.31. The predicted octanol–water partition coefficient (Wildman–Crippen LogP) is 4.66. The molecule has 1 N–H and O–H groups in total. The van der Waals surface area contributed by atoms with Gasteiger partial charge in [0.1, 0.15) is 5.71 Å². The Labute approximate surface area is 135 Å². The van der Waals surface area contributed by atoms with Gasteiger partial charge in [-0.2, -0.15) is 0 Å². The molecule has 0 radical (unpaired) electrons. The molecule has 0 saturated carbocycles. The Bertz CT molecular complexity index is 807. The zero-order valence-corrected chi connectivity index (χ0v) is 12.5. The van der Waals surface area contributed by atoms with Gasteiger partial charge in [-0.15, -0.1) is 0 Å². The van der Waals surface area contributed by atoms with Crippen molar-refractivity contribution in [3.8, 4) is 0 Å². The average Bonchev–Trinajstić information content (AvgIpc) is 2.63.